The predicted octanol–water partition coefficient (Wildman–Crippen LogP) is 4.89. The van der Waals surface area contributed by atoms with Crippen LogP contribution in [-0.4, -0.2) is 6.29 Å². The average molecular weight is 333 g/mol. The van der Waals surface area contributed by atoms with Gasteiger partial charge < -0.3 is 4.74 Å². The summed E-state index contributed by atoms with van der Waals surface area (Å²) < 4.78 is 56.6. The highest BCUT2D eigenvalue weighted by Gasteiger charge is 2.33. The minimum absolute atomic E-state index is 0.0469. The van der Waals surface area contributed by atoms with Crippen LogP contribution in [0.5, 0.6) is 5.75 Å². The zero-order valence-corrected chi connectivity index (χ0v) is 11.7. The Balaban J connectivity index is 2.19. The number of aldehydes is 1. The Labute approximate surface area is 128 Å². The number of ether oxygens (including phenoxy) is 1. The van der Waals surface area contributed by atoms with Gasteiger partial charge in [0.1, 0.15) is 24.5 Å². The molecule has 0 atom stereocenters. The standard InChI is InChI=1S/C15H9ClF4O2/c16-14-2-1-9(5-13(14)15(18,19)20)8-22-12-4-10(7-21)3-11(17)6-12/h1-7H,8H2. The van der Waals surface area contributed by atoms with Crippen molar-refractivity contribution in [3.8, 4) is 5.75 Å². The zero-order valence-electron chi connectivity index (χ0n) is 11.0. The van der Waals surface area contributed by atoms with Crippen LogP contribution in [0.2, 0.25) is 5.02 Å². The van der Waals surface area contributed by atoms with Crippen molar-refractivity contribution < 1.29 is 27.1 Å². The molecule has 0 aliphatic heterocycles. The van der Waals surface area contributed by atoms with Crippen molar-refractivity contribution in [2.75, 3.05) is 0 Å². The van der Waals surface area contributed by atoms with Crippen molar-refractivity contribution in [3.05, 3.63) is 63.9 Å². The van der Waals surface area contributed by atoms with Crippen molar-refractivity contribution in [1.29, 1.82) is 0 Å². The van der Waals surface area contributed by atoms with Gasteiger partial charge in [-0.15, -0.1) is 0 Å². The van der Waals surface area contributed by atoms with Gasteiger partial charge >= 0.3 is 6.18 Å². The molecule has 0 aliphatic carbocycles. The Kier molecular flexibility index (Phi) is 4.71. The lowest BCUT2D eigenvalue weighted by Gasteiger charge is -2.12. The van der Waals surface area contributed by atoms with Crippen LogP contribution in [0.4, 0.5) is 17.6 Å². The lowest BCUT2D eigenvalue weighted by molar-refractivity contribution is -0.137. The first-order valence-corrected chi connectivity index (χ1v) is 6.41. The molecule has 0 radical (unpaired) electrons. The molecule has 22 heavy (non-hydrogen) atoms. The smallest absolute Gasteiger partial charge is 0.417 e. The van der Waals surface area contributed by atoms with Crippen LogP contribution in [0.3, 0.4) is 0 Å². The highest BCUT2D eigenvalue weighted by Crippen LogP contribution is 2.35. The molecule has 0 unspecified atom stereocenters. The van der Waals surface area contributed by atoms with E-state index >= 15 is 0 Å². The third-order valence-corrected chi connectivity index (χ3v) is 3.10. The molecule has 2 rings (SSSR count). The summed E-state index contributed by atoms with van der Waals surface area (Å²) in [5, 5.41) is -0.412. The Morgan fingerprint density at radius 3 is 2.50 bits per heavy atom. The Morgan fingerprint density at radius 2 is 1.86 bits per heavy atom. The third-order valence-electron chi connectivity index (χ3n) is 2.77. The third kappa shape index (κ3) is 3.98. The van der Waals surface area contributed by atoms with Gasteiger partial charge in [-0.1, -0.05) is 17.7 Å². The summed E-state index contributed by atoms with van der Waals surface area (Å²) in [5.74, 6) is -0.628. The van der Waals surface area contributed by atoms with E-state index in [-0.39, 0.29) is 23.5 Å². The van der Waals surface area contributed by atoms with Crippen LogP contribution in [0.1, 0.15) is 21.5 Å². The quantitative estimate of drug-likeness (QED) is 0.588. The maximum atomic E-state index is 13.2. The summed E-state index contributed by atoms with van der Waals surface area (Å²) in [6.45, 7) is -0.220. The fourth-order valence-corrected chi connectivity index (χ4v) is 2.01. The summed E-state index contributed by atoms with van der Waals surface area (Å²) >= 11 is 5.51. The fraction of sp³-hybridized carbons (Fsp3) is 0.133. The van der Waals surface area contributed by atoms with Gasteiger partial charge in [-0.05, 0) is 29.8 Å². The van der Waals surface area contributed by atoms with Crippen molar-refractivity contribution in [3.63, 3.8) is 0 Å². The van der Waals surface area contributed by atoms with E-state index < -0.39 is 22.6 Å². The van der Waals surface area contributed by atoms with Crippen molar-refractivity contribution in [2.24, 2.45) is 0 Å². The van der Waals surface area contributed by atoms with Gasteiger partial charge in [0.05, 0.1) is 10.6 Å². The zero-order chi connectivity index (χ0) is 16.3. The van der Waals surface area contributed by atoms with E-state index in [1.165, 1.54) is 12.1 Å². The van der Waals surface area contributed by atoms with Gasteiger partial charge in [-0.25, -0.2) is 4.39 Å². The van der Waals surface area contributed by atoms with Crippen LogP contribution in [0.15, 0.2) is 36.4 Å². The molecule has 0 aliphatic rings. The lowest BCUT2D eigenvalue weighted by Crippen LogP contribution is -2.07. The van der Waals surface area contributed by atoms with E-state index in [1.54, 1.807) is 0 Å². The normalized spacial score (nSPS) is 11.3. The number of carbonyl (C=O) groups is 1. The van der Waals surface area contributed by atoms with E-state index in [1.807, 2.05) is 0 Å². The minimum atomic E-state index is -4.57. The first kappa shape index (κ1) is 16.3. The number of carbonyl (C=O) groups excluding carboxylic acids is 1. The fourth-order valence-electron chi connectivity index (χ4n) is 1.78. The highest BCUT2D eigenvalue weighted by molar-refractivity contribution is 6.31. The predicted molar refractivity (Wildman–Crippen MR) is 72.6 cm³/mol. The Hall–Kier alpha value is -2.08. The maximum Gasteiger partial charge on any atom is 0.417 e. The SMILES string of the molecule is O=Cc1cc(F)cc(OCc2ccc(Cl)c(C(F)(F)F)c2)c1. The van der Waals surface area contributed by atoms with Crippen LogP contribution < -0.4 is 4.74 Å². The van der Waals surface area contributed by atoms with Gasteiger partial charge in [-0.3, -0.25) is 4.79 Å². The number of rotatable bonds is 4. The second-order valence-electron chi connectivity index (χ2n) is 4.44. The molecule has 2 aromatic rings. The number of halogens is 5. The van der Waals surface area contributed by atoms with Crippen LogP contribution in [-0.2, 0) is 12.8 Å². The second kappa shape index (κ2) is 6.36. The molecule has 116 valence electrons. The molecule has 0 amide bonds. The van der Waals surface area contributed by atoms with Gasteiger partial charge in [0, 0.05) is 11.6 Å². The van der Waals surface area contributed by atoms with Crippen LogP contribution in [0.25, 0.3) is 0 Å². The maximum absolute atomic E-state index is 13.2. The molecule has 0 saturated heterocycles. The van der Waals surface area contributed by atoms with Gasteiger partial charge in [0.25, 0.3) is 0 Å². The van der Waals surface area contributed by atoms with Crippen LogP contribution >= 0.6 is 11.6 Å². The van der Waals surface area contributed by atoms with Gasteiger partial charge in [0.2, 0.25) is 0 Å². The molecule has 0 saturated carbocycles. The highest BCUT2D eigenvalue weighted by atomic mass is 35.5. The molecule has 2 aromatic carbocycles. The molecule has 2 nitrogen and oxygen atoms in total. The summed E-state index contributed by atoms with van der Waals surface area (Å²) in [5.41, 5.74) is -0.682. The van der Waals surface area contributed by atoms with Gasteiger partial charge in [0.15, 0.2) is 0 Å². The van der Waals surface area contributed by atoms with Gasteiger partial charge in [-0.2, -0.15) is 13.2 Å². The largest absolute Gasteiger partial charge is 0.489 e. The first-order valence-electron chi connectivity index (χ1n) is 6.04. The van der Waals surface area contributed by atoms with E-state index in [4.69, 9.17) is 16.3 Å². The first-order chi connectivity index (χ1) is 10.3. The second-order valence-corrected chi connectivity index (χ2v) is 4.85. The van der Waals surface area contributed by atoms with E-state index in [9.17, 15) is 22.4 Å². The average Bonchev–Trinajstić information content (AvgIpc) is 2.44. The summed E-state index contributed by atoms with van der Waals surface area (Å²) in [4.78, 5) is 10.6. The summed E-state index contributed by atoms with van der Waals surface area (Å²) in [6, 6.07) is 6.69. The topological polar surface area (TPSA) is 26.3 Å². The summed E-state index contributed by atoms with van der Waals surface area (Å²) in [6.07, 6.45) is -4.13. The Morgan fingerprint density at radius 1 is 1.14 bits per heavy atom. The minimum Gasteiger partial charge on any atom is -0.489 e. The molecule has 0 heterocycles. The molecule has 0 bridgehead atoms. The van der Waals surface area contributed by atoms with Crippen molar-refractivity contribution >= 4 is 17.9 Å². The molecular formula is C15H9ClF4O2. The lowest BCUT2D eigenvalue weighted by atomic mass is 10.1. The molecule has 0 aromatic heterocycles. The number of hydrogen-bond donors (Lipinski definition) is 0. The van der Waals surface area contributed by atoms with E-state index in [2.05, 4.69) is 0 Å². The number of alkyl halides is 3. The van der Waals surface area contributed by atoms with Crippen LogP contribution in [0, 0.1) is 5.82 Å². The van der Waals surface area contributed by atoms with E-state index in [0.29, 0.717) is 6.29 Å². The summed E-state index contributed by atoms with van der Waals surface area (Å²) in [7, 11) is 0. The van der Waals surface area contributed by atoms with E-state index in [0.717, 1.165) is 24.3 Å². The number of benzene rings is 2. The molecule has 0 N–H and O–H groups in total. The number of hydrogen-bond acceptors (Lipinski definition) is 2. The Bertz CT molecular complexity index is 698. The monoisotopic (exact) mass is 332 g/mol. The molecule has 7 heteroatoms. The molecule has 0 spiro atoms. The molecular weight excluding hydrogens is 324 g/mol. The van der Waals surface area contributed by atoms with Crippen molar-refractivity contribution in [1.82, 2.24) is 0 Å². The molecule has 0 fully saturated rings. The van der Waals surface area contributed by atoms with Crippen molar-refractivity contribution in [2.45, 2.75) is 12.8 Å².